The van der Waals surface area contributed by atoms with Gasteiger partial charge in [0.25, 0.3) is 0 Å². The molecule has 1 aliphatic rings. The molecule has 2 N–H and O–H groups in total. The van der Waals surface area contributed by atoms with Crippen LogP contribution < -0.4 is 15.1 Å². The van der Waals surface area contributed by atoms with Crippen molar-refractivity contribution in [3.63, 3.8) is 0 Å². The van der Waals surface area contributed by atoms with E-state index in [1.165, 1.54) is 5.69 Å². The van der Waals surface area contributed by atoms with Crippen LogP contribution in [0.25, 0.3) is 0 Å². The molecule has 28 heavy (non-hydrogen) atoms. The zero-order valence-corrected chi connectivity index (χ0v) is 16.2. The van der Waals surface area contributed by atoms with Gasteiger partial charge in [-0.2, -0.15) is 0 Å². The van der Waals surface area contributed by atoms with Gasteiger partial charge in [0.1, 0.15) is 0 Å². The molecule has 1 fully saturated rings. The third-order valence-corrected chi connectivity index (χ3v) is 5.03. The maximum Gasteiger partial charge on any atom is 0.337 e. The Labute approximate surface area is 165 Å². The summed E-state index contributed by atoms with van der Waals surface area (Å²) in [6.07, 6.45) is 2.11. The zero-order chi connectivity index (χ0) is 19.9. The van der Waals surface area contributed by atoms with Gasteiger partial charge in [0, 0.05) is 44.0 Å². The second-order valence-electron chi connectivity index (χ2n) is 7.00. The molecule has 148 valence electrons. The first-order chi connectivity index (χ1) is 13.6. The highest BCUT2D eigenvalue weighted by Crippen LogP contribution is 2.26. The second kappa shape index (κ2) is 9.26. The molecule has 2 aromatic rings. The fourth-order valence-corrected chi connectivity index (χ4v) is 3.43. The van der Waals surface area contributed by atoms with E-state index in [-0.39, 0.29) is 11.5 Å². The number of para-hydroxylation sites is 1. The minimum atomic E-state index is -1.03. The van der Waals surface area contributed by atoms with Crippen LogP contribution >= 0.6 is 0 Å². The van der Waals surface area contributed by atoms with Gasteiger partial charge < -0.3 is 20.2 Å². The molecular weight excluding hydrogens is 354 g/mol. The van der Waals surface area contributed by atoms with Crippen molar-refractivity contribution in [3.05, 3.63) is 54.1 Å². The molecule has 0 saturated carbocycles. The largest absolute Gasteiger partial charge is 0.478 e. The Balaban J connectivity index is 1.68. The molecule has 0 atom stereocenters. The third kappa shape index (κ3) is 4.82. The monoisotopic (exact) mass is 381 g/mol. The molecule has 1 saturated heterocycles. The van der Waals surface area contributed by atoms with Crippen LogP contribution in [0.1, 0.15) is 36.5 Å². The predicted molar refractivity (Wildman–Crippen MR) is 112 cm³/mol. The van der Waals surface area contributed by atoms with Crippen molar-refractivity contribution < 1.29 is 14.7 Å². The van der Waals surface area contributed by atoms with Crippen LogP contribution in [-0.4, -0.2) is 43.2 Å². The number of amides is 1. The summed E-state index contributed by atoms with van der Waals surface area (Å²) >= 11 is 0. The molecule has 3 rings (SSSR count). The van der Waals surface area contributed by atoms with Crippen molar-refractivity contribution in [2.45, 2.75) is 26.2 Å². The Hall–Kier alpha value is -3.02. The van der Waals surface area contributed by atoms with Gasteiger partial charge in [0.05, 0.1) is 11.3 Å². The lowest BCUT2D eigenvalue weighted by Gasteiger charge is -2.37. The Kier molecular flexibility index (Phi) is 6.53. The highest BCUT2D eigenvalue weighted by molar-refractivity contribution is 6.01. The number of hydrogen-bond acceptors (Lipinski definition) is 4. The molecule has 6 nitrogen and oxygen atoms in total. The summed E-state index contributed by atoms with van der Waals surface area (Å²) in [6.45, 7) is 5.40. The maximum absolute atomic E-state index is 12.0. The molecule has 0 spiro atoms. The Morgan fingerprint density at radius 1 is 0.964 bits per heavy atom. The molecular formula is C22H27N3O3. The number of anilines is 3. The summed E-state index contributed by atoms with van der Waals surface area (Å²) in [4.78, 5) is 28.2. The van der Waals surface area contributed by atoms with E-state index in [1.54, 1.807) is 12.1 Å². The first-order valence-electron chi connectivity index (χ1n) is 9.80. The molecule has 0 bridgehead atoms. The Morgan fingerprint density at radius 2 is 1.61 bits per heavy atom. The van der Waals surface area contributed by atoms with Crippen LogP contribution in [0, 0.1) is 0 Å². The summed E-state index contributed by atoms with van der Waals surface area (Å²) < 4.78 is 0. The molecule has 0 radical (unpaired) electrons. The van der Waals surface area contributed by atoms with Crippen molar-refractivity contribution in [2.24, 2.45) is 0 Å². The third-order valence-electron chi connectivity index (χ3n) is 5.03. The van der Waals surface area contributed by atoms with E-state index in [1.807, 2.05) is 31.2 Å². The molecule has 0 unspecified atom stereocenters. The molecule has 1 heterocycles. The van der Waals surface area contributed by atoms with E-state index in [0.717, 1.165) is 44.7 Å². The Morgan fingerprint density at radius 3 is 2.21 bits per heavy atom. The van der Waals surface area contributed by atoms with Crippen molar-refractivity contribution in [1.82, 2.24) is 0 Å². The van der Waals surface area contributed by atoms with Gasteiger partial charge in [0.2, 0.25) is 5.91 Å². The van der Waals surface area contributed by atoms with Crippen LogP contribution in [0.4, 0.5) is 17.1 Å². The topological polar surface area (TPSA) is 72.9 Å². The standard InChI is InChI=1S/C22H27N3O3/c1-2-3-9-21(26)23-20-11-10-18(16-19(20)22(27)28)25-14-12-24(13-15-25)17-7-5-4-6-8-17/h4-8,10-11,16H,2-3,9,12-15H2,1H3,(H,23,26)(H,27,28). The van der Waals surface area contributed by atoms with Crippen LogP contribution in [0.15, 0.2) is 48.5 Å². The van der Waals surface area contributed by atoms with Crippen LogP contribution in [-0.2, 0) is 4.79 Å². The Bertz CT molecular complexity index is 815. The first kappa shape index (κ1) is 19.7. The van der Waals surface area contributed by atoms with E-state index in [0.29, 0.717) is 12.1 Å². The minimum absolute atomic E-state index is 0.132. The number of carbonyl (C=O) groups is 2. The van der Waals surface area contributed by atoms with Gasteiger partial charge >= 0.3 is 5.97 Å². The van der Waals surface area contributed by atoms with Crippen LogP contribution in [0.5, 0.6) is 0 Å². The summed E-state index contributed by atoms with van der Waals surface area (Å²) in [5, 5.41) is 12.3. The number of carbonyl (C=O) groups excluding carboxylic acids is 1. The number of nitrogens with one attached hydrogen (secondary N) is 1. The molecule has 2 aromatic carbocycles. The fourth-order valence-electron chi connectivity index (χ4n) is 3.43. The summed E-state index contributed by atoms with van der Waals surface area (Å²) in [6, 6.07) is 15.5. The van der Waals surface area contributed by atoms with E-state index < -0.39 is 5.97 Å². The average molecular weight is 381 g/mol. The number of unbranched alkanes of at least 4 members (excludes halogenated alkanes) is 1. The maximum atomic E-state index is 12.0. The van der Waals surface area contributed by atoms with Crippen molar-refractivity contribution in [3.8, 4) is 0 Å². The number of rotatable bonds is 7. The lowest BCUT2D eigenvalue weighted by atomic mass is 10.1. The molecule has 1 amide bonds. The molecule has 0 aliphatic carbocycles. The van der Waals surface area contributed by atoms with E-state index >= 15 is 0 Å². The first-order valence-corrected chi connectivity index (χ1v) is 9.80. The quantitative estimate of drug-likeness (QED) is 0.762. The van der Waals surface area contributed by atoms with Crippen molar-refractivity contribution in [1.29, 1.82) is 0 Å². The smallest absolute Gasteiger partial charge is 0.337 e. The fraction of sp³-hybridized carbons (Fsp3) is 0.364. The lowest BCUT2D eigenvalue weighted by Crippen LogP contribution is -2.46. The van der Waals surface area contributed by atoms with E-state index in [2.05, 4.69) is 27.2 Å². The predicted octanol–water partition coefficient (Wildman–Crippen LogP) is 3.84. The zero-order valence-electron chi connectivity index (χ0n) is 16.2. The number of carboxylic acids is 1. The van der Waals surface area contributed by atoms with Gasteiger partial charge in [-0.15, -0.1) is 0 Å². The number of nitrogens with zero attached hydrogens (tertiary/aromatic N) is 2. The summed E-state index contributed by atoms with van der Waals surface area (Å²) in [7, 11) is 0. The molecule has 1 aliphatic heterocycles. The number of piperazine rings is 1. The van der Waals surface area contributed by atoms with Gasteiger partial charge in [-0.1, -0.05) is 31.5 Å². The second-order valence-corrected chi connectivity index (χ2v) is 7.00. The lowest BCUT2D eigenvalue weighted by molar-refractivity contribution is -0.116. The number of carboxylic acid groups (broad SMARTS) is 1. The normalized spacial score (nSPS) is 14.0. The van der Waals surface area contributed by atoms with Gasteiger partial charge in [0.15, 0.2) is 0 Å². The van der Waals surface area contributed by atoms with E-state index in [9.17, 15) is 14.7 Å². The summed E-state index contributed by atoms with van der Waals surface area (Å²) in [5.74, 6) is -1.18. The highest BCUT2D eigenvalue weighted by atomic mass is 16.4. The van der Waals surface area contributed by atoms with Crippen LogP contribution in [0.2, 0.25) is 0 Å². The number of hydrogen-bond donors (Lipinski definition) is 2. The number of aromatic carboxylic acids is 1. The highest BCUT2D eigenvalue weighted by Gasteiger charge is 2.20. The van der Waals surface area contributed by atoms with Crippen molar-refractivity contribution in [2.75, 3.05) is 41.3 Å². The number of benzene rings is 2. The summed E-state index contributed by atoms with van der Waals surface area (Å²) in [5.41, 5.74) is 2.57. The molecule has 6 heteroatoms. The van der Waals surface area contributed by atoms with Crippen molar-refractivity contribution >= 4 is 28.9 Å². The van der Waals surface area contributed by atoms with Crippen LogP contribution in [0.3, 0.4) is 0 Å². The SMILES string of the molecule is CCCCC(=O)Nc1ccc(N2CCN(c3ccccc3)CC2)cc1C(=O)O. The minimum Gasteiger partial charge on any atom is -0.478 e. The average Bonchev–Trinajstić information content (AvgIpc) is 2.73. The van der Waals surface area contributed by atoms with E-state index in [4.69, 9.17) is 0 Å². The van der Waals surface area contributed by atoms with Gasteiger partial charge in [-0.05, 0) is 36.8 Å². The van der Waals surface area contributed by atoms with Gasteiger partial charge in [-0.25, -0.2) is 4.79 Å². The van der Waals surface area contributed by atoms with Gasteiger partial charge in [-0.3, -0.25) is 4.79 Å². The molecule has 0 aromatic heterocycles.